The minimum atomic E-state index is -4.77. The molecule has 13 nitrogen and oxygen atoms in total. The molecule has 18 heteroatoms. The van der Waals surface area contributed by atoms with Gasteiger partial charge in [-0.3, -0.25) is 33.5 Å². The van der Waals surface area contributed by atoms with Crippen molar-refractivity contribution in [3.05, 3.63) is 82.2 Å². The SMILES string of the molecule is Cn1c(=O)n(C2CCC(=O)NC2=O)c2cccc(OCC3CCN(C[C@H]4CC[C@H](n5cc6cc(NC(=O)c7cccc(C(F)(F)F)n7)c(C(F)F)cc6n5)CC4)CC3)c21. The lowest BCUT2D eigenvalue weighted by molar-refractivity contribution is -0.141. The smallest absolute Gasteiger partial charge is 0.433 e. The van der Waals surface area contributed by atoms with E-state index in [1.165, 1.54) is 21.3 Å². The van der Waals surface area contributed by atoms with Crippen LogP contribution in [0.1, 0.15) is 91.6 Å². The molecule has 2 aromatic carbocycles. The van der Waals surface area contributed by atoms with Crippen molar-refractivity contribution in [3.63, 3.8) is 0 Å². The first-order valence-corrected chi connectivity index (χ1v) is 19.8. The van der Waals surface area contributed by atoms with Gasteiger partial charge in [-0.15, -0.1) is 0 Å². The number of nitrogens with zero attached hydrogens (tertiary/aromatic N) is 6. The molecule has 2 N–H and O–H groups in total. The fourth-order valence-corrected chi connectivity index (χ4v) is 8.74. The highest BCUT2D eigenvalue weighted by Gasteiger charge is 2.34. The fourth-order valence-electron chi connectivity index (χ4n) is 8.74. The van der Waals surface area contributed by atoms with Crippen LogP contribution >= 0.6 is 0 Å². The first-order valence-electron chi connectivity index (χ1n) is 19.8. The second kappa shape index (κ2) is 16.2. The van der Waals surface area contributed by atoms with E-state index in [-0.39, 0.29) is 36.2 Å². The van der Waals surface area contributed by atoms with Gasteiger partial charge in [-0.1, -0.05) is 12.1 Å². The monoisotopic (exact) mass is 822 g/mol. The summed E-state index contributed by atoms with van der Waals surface area (Å²) < 4.78 is 78.7. The van der Waals surface area contributed by atoms with Crippen LogP contribution in [0.3, 0.4) is 0 Å². The summed E-state index contributed by atoms with van der Waals surface area (Å²) in [6.07, 6.45) is 0.0108. The highest BCUT2D eigenvalue weighted by molar-refractivity contribution is 6.04. The second-order valence-electron chi connectivity index (χ2n) is 15.8. The van der Waals surface area contributed by atoms with Crippen LogP contribution in [0.2, 0.25) is 0 Å². The van der Waals surface area contributed by atoms with Gasteiger partial charge < -0.3 is 15.0 Å². The maximum Gasteiger partial charge on any atom is 0.433 e. The molecule has 1 atom stereocenters. The van der Waals surface area contributed by atoms with Gasteiger partial charge in [0, 0.05) is 37.2 Å². The summed E-state index contributed by atoms with van der Waals surface area (Å²) in [5, 5.41) is 9.78. The Labute approximate surface area is 334 Å². The molecule has 312 valence electrons. The first kappa shape index (κ1) is 40.1. The molecule has 5 heterocycles. The number of aromatic nitrogens is 5. The Bertz CT molecular complexity index is 2460. The molecule has 1 aliphatic carbocycles. The topological polar surface area (TPSA) is 145 Å². The Balaban J connectivity index is 0.837. The van der Waals surface area contributed by atoms with Gasteiger partial charge in [0.05, 0.1) is 29.4 Å². The number of carbonyl (C=O) groups is 3. The van der Waals surface area contributed by atoms with Crippen LogP contribution in [0, 0.1) is 11.8 Å². The number of likely N-dealkylation sites (tertiary alicyclic amines) is 1. The molecule has 5 aromatic rings. The molecule has 2 saturated heterocycles. The second-order valence-corrected chi connectivity index (χ2v) is 15.8. The summed E-state index contributed by atoms with van der Waals surface area (Å²) in [5.74, 6) is -0.465. The molecule has 0 radical (unpaired) electrons. The van der Waals surface area contributed by atoms with Crippen molar-refractivity contribution in [1.82, 2.24) is 34.1 Å². The van der Waals surface area contributed by atoms with E-state index in [9.17, 15) is 41.1 Å². The Kier molecular flexibility index (Phi) is 11.0. The molecule has 2 aliphatic heterocycles. The van der Waals surface area contributed by atoms with Crippen LogP contribution in [0.15, 0.2) is 59.5 Å². The molecule has 3 amide bonds. The number of para-hydroxylation sites is 1. The Morgan fingerprint density at radius 2 is 1.71 bits per heavy atom. The predicted octanol–water partition coefficient (Wildman–Crippen LogP) is 6.79. The van der Waals surface area contributed by atoms with E-state index in [0.29, 0.717) is 46.1 Å². The molecule has 0 spiro atoms. The summed E-state index contributed by atoms with van der Waals surface area (Å²) in [5.41, 5.74) is -1.34. The molecule has 3 aromatic heterocycles. The maximum atomic E-state index is 14.1. The number of imidazole rings is 1. The number of pyridine rings is 1. The number of benzene rings is 2. The molecular weight excluding hydrogens is 779 g/mol. The van der Waals surface area contributed by atoms with E-state index in [1.807, 2.05) is 6.07 Å². The maximum absolute atomic E-state index is 14.1. The third-order valence-electron chi connectivity index (χ3n) is 11.9. The number of amides is 3. The van der Waals surface area contributed by atoms with Crippen LogP contribution in [0.25, 0.3) is 21.9 Å². The number of hydrogen-bond donors (Lipinski definition) is 2. The number of carbonyl (C=O) groups excluding carboxylic acids is 3. The van der Waals surface area contributed by atoms with Crippen LogP contribution in [-0.2, 0) is 22.8 Å². The number of halogens is 5. The van der Waals surface area contributed by atoms with Crippen LogP contribution in [-0.4, -0.2) is 72.8 Å². The third-order valence-corrected chi connectivity index (χ3v) is 11.9. The largest absolute Gasteiger partial charge is 0.491 e. The molecule has 0 bridgehead atoms. The highest BCUT2D eigenvalue weighted by Crippen LogP contribution is 2.37. The van der Waals surface area contributed by atoms with Crippen LogP contribution in [0.4, 0.5) is 27.6 Å². The van der Waals surface area contributed by atoms with Crippen LogP contribution in [0.5, 0.6) is 5.75 Å². The summed E-state index contributed by atoms with van der Waals surface area (Å²) in [6.45, 7) is 3.33. The van der Waals surface area contributed by atoms with Crippen molar-refractivity contribution < 1.29 is 41.1 Å². The number of aryl methyl sites for hydroxylation is 1. The molecule has 8 rings (SSSR count). The van der Waals surface area contributed by atoms with Gasteiger partial charge in [-0.25, -0.2) is 18.6 Å². The van der Waals surface area contributed by atoms with E-state index < -0.39 is 47.4 Å². The zero-order valence-electron chi connectivity index (χ0n) is 32.2. The number of anilines is 1. The lowest BCUT2D eigenvalue weighted by atomic mass is 9.85. The Morgan fingerprint density at radius 1 is 0.966 bits per heavy atom. The Hall–Kier alpha value is -5.65. The summed E-state index contributed by atoms with van der Waals surface area (Å²) >= 11 is 0. The van der Waals surface area contributed by atoms with Gasteiger partial charge in [0.25, 0.3) is 12.3 Å². The predicted molar refractivity (Wildman–Crippen MR) is 206 cm³/mol. The lowest BCUT2D eigenvalue weighted by Crippen LogP contribution is -2.44. The van der Waals surface area contributed by atoms with Crippen molar-refractivity contribution in [2.45, 2.75) is 76.1 Å². The average molecular weight is 823 g/mol. The molecule has 3 fully saturated rings. The fraction of sp³-hybridized carbons (Fsp3) is 0.463. The van der Waals surface area contributed by atoms with Crippen LogP contribution < -0.4 is 21.1 Å². The number of piperidine rings is 2. The number of fused-ring (bicyclic) bond motifs is 2. The number of ether oxygens (including phenoxy) is 1. The lowest BCUT2D eigenvalue weighted by Gasteiger charge is -2.36. The number of rotatable bonds is 10. The first-order chi connectivity index (χ1) is 28.2. The molecule has 59 heavy (non-hydrogen) atoms. The molecular formula is C41H43F5N8O5. The number of hydrogen-bond acceptors (Lipinski definition) is 8. The highest BCUT2D eigenvalue weighted by atomic mass is 19.4. The zero-order chi connectivity index (χ0) is 41.6. The quantitative estimate of drug-likeness (QED) is 0.116. The van der Waals surface area contributed by atoms with E-state index in [4.69, 9.17) is 4.74 Å². The standard InChI is InChI=1S/C41H43F5N8O5/c1-51-36-31(54(40(51)58)32-12-13-35(55)49-39(32)57)5-3-6-33(36)59-22-24-14-16-52(17-15-24)20-23-8-10-26(11-9-23)53-21-25-18-30(27(37(42)43)19-29(25)50-53)48-38(56)28-4-2-7-34(47-28)41(44,45)46/h2-7,18-19,21,23-24,26,32,37H,8-17,20,22H2,1H3,(H,48,56)(H,49,55,57)/t23-,26-,32?. The summed E-state index contributed by atoms with van der Waals surface area (Å²) in [4.78, 5) is 56.2. The van der Waals surface area contributed by atoms with E-state index in [1.54, 1.807) is 30.1 Å². The minimum Gasteiger partial charge on any atom is -0.491 e. The third kappa shape index (κ3) is 8.31. The average Bonchev–Trinajstić information content (AvgIpc) is 3.74. The van der Waals surface area contributed by atoms with Gasteiger partial charge in [-0.05, 0) is 106 Å². The van der Waals surface area contributed by atoms with Crippen molar-refractivity contribution in [2.24, 2.45) is 18.9 Å². The van der Waals surface area contributed by atoms with E-state index in [2.05, 4.69) is 25.6 Å². The molecule has 3 aliphatic rings. The molecule has 1 saturated carbocycles. The summed E-state index contributed by atoms with van der Waals surface area (Å²) in [7, 11) is 1.66. The van der Waals surface area contributed by atoms with Crippen molar-refractivity contribution >= 4 is 45.3 Å². The normalized spacial score (nSPS) is 21.0. The zero-order valence-corrected chi connectivity index (χ0v) is 32.2. The van der Waals surface area contributed by atoms with E-state index in [0.717, 1.165) is 76.4 Å². The Morgan fingerprint density at radius 3 is 2.42 bits per heavy atom. The number of alkyl halides is 5. The minimum absolute atomic E-state index is 0.0637. The van der Waals surface area contributed by atoms with Gasteiger partial charge >= 0.3 is 11.9 Å². The van der Waals surface area contributed by atoms with Gasteiger partial charge in [0.1, 0.15) is 28.7 Å². The van der Waals surface area contributed by atoms with Crippen molar-refractivity contribution in [2.75, 3.05) is 31.6 Å². The number of nitrogens with one attached hydrogen (secondary N) is 2. The molecule has 1 unspecified atom stereocenters. The van der Waals surface area contributed by atoms with Gasteiger partial charge in [0.2, 0.25) is 11.8 Å². The van der Waals surface area contributed by atoms with Gasteiger partial charge in [-0.2, -0.15) is 18.3 Å². The number of imide groups is 1. The van der Waals surface area contributed by atoms with Gasteiger partial charge in [0.15, 0.2) is 0 Å². The van der Waals surface area contributed by atoms with Crippen molar-refractivity contribution in [1.29, 1.82) is 0 Å². The van der Waals surface area contributed by atoms with E-state index >= 15 is 0 Å². The van der Waals surface area contributed by atoms with Crippen molar-refractivity contribution in [3.8, 4) is 5.75 Å². The summed E-state index contributed by atoms with van der Waals surface area (Å²) in [6, 6.07) is 10.1.